The molecule has 3 aromatic carbocycles. The number of rotatable bonds is 11. The highest BCUT2D eigenvalue weighted by molar-refractivity contribution is 6.49. The molecule has 14 nitrogen and oxygen atoms in total. The number of anilines is 1. The molecule has 1 N–H and O–H groups in total. The number of hydrazone groups is 1. The first kappa shape index (κ1) is 28.4. The lowest BCUT2D eigenvalue weighted by Crippen LogP contribution is -2.43. The highest BCUT2D eigenvalue weighted by Gasteiger charge is 2.46. The Morgan fingerprint density at radius 3 is 2.29 bits per heavy atom. The standard InChI is InChI=1S/C27H23N5O9/c1-40-21-11-8-16(14-22(21)41-2)12-13-28-26(34)25(33)23-24(17-6-4-3-5-7-17)29-30(27(23)35)19-10-9-18(31(36)37)15-20(19)32(38)39/h3-11,14-15,23H,12-13H2,1-2H3,(H,28,34). The number of methoxy groups -OCH3 is 2. The van der Waals surface area contributed by atoms with Crippen LogP contribution < -0.4 is 19.8 Å². The van der Waals surface area contributed by atoms with Crippen molar-refractivity contribution in [2.45, 2.75) is 6.42 Å². The van der Waals surface area contributed by atoms with Gasteiger partial charge in [0.25, 0.3) is 17.5 Å². The Labute approximate surface area is 232 Å². The van der Waals surface area contributed by atoms with Crippen LogP contribution in [0, 0.1) is 26.1 Å². The van der Waals surface area contributed by atoms with Crippen LogP contribution in [0.5, 0.6) is 11.5 Å². The van der Waals surface area contributed by atoms with Gasteiger partial charge in [0.15, 0.2) is 17.4 Å². The Hall–Kier alpha value is -5.66. The number of hydrogen-bond acceptors (Lipinski definition) is 10. The summed E-state index contributed by atoms with van der Waals surface area (Å²) >= 11 is 0. The number of nitrogens with zero attached hydrogens (tertiary/aromatic N) is 4. The minimum atomic E-state index is -1.70. The van der Waals surface area contributed by atoms with Crippen LogP contribution in [-0.4, -0.2) is 53.9 Å². The molecule has 0 aliphatic carbocycles. The molecule has 41 heavy (non-hydrogen) atoms. The van der Waals surface area contributed by atoms with E-state index in [1.807, 2.05) is 0 Å². The molecule has 1 aliphatic heterocycles. The lowest BCUT2D eigenvalue weighted by atomic mass is 9.92. The molecule has 0 spiro atoms. The van der Waals surface area contributed by atoms with Crippen LogP contribution in [0.15, 0.2) is 71.8 Å². The van der Waals surface area contributed by atoms with Gasteiger partial charge in [-0.3, -0.25) is 34.6 Å². The van der Waals surface area contributed by atoms with Gasteiger partial charge < -0.3 is 14.8 Å². The molecular weight excluding hydrogens is 538 g/mol. The minimum absolute atomic E-state index is 0.0519. The molecule has 2 amide bonds. The van der Waals surface area contributed by atoms with Gasteiger partial charge in [-0.1, -0.05) is 36.4 Å². The third kappa shape index (κ3) is 5.85. The van der Waals surface area contributed by atoms with E-state index in [1.165, 1.54) is 14.2 Å². The molecule has 0 fully saturated rings. The Balaban J connectivity index is 1.59. The van der Waals surface area contributed by atoms with E-state index in [0.29, 0.717) is 34.6 Å². The number of amides is 2. The Bertz CT molecular complexity index is 1570. The van der Waals surface area contributed by atoms with Gasteiger partial charge in [-0.2, -0.15) is 10.1 Å². The fourth-order valence-corrected chi connectivity index (χ4v) is 4.22. The number of non-ortho nitro benzene ring substituents is 1. The average molecular weight is 562 g/mol. The van der Waals surface area contributed by atoms with Crippen LogP contribution >= 0.6 is 0 Å². The minimum Gasteiger partial charge on any atom is -0.493 e. The maximum absolute atomic E-state index is 13.5. The molecule has 0 saturated heterocycles. The van der Waals surface area contributed by atoms with Crippen molar-refractivity contribution in [2.75, 3.05) is 25.8 Å². The van der Waals surface area contributed by atoms with Crippen molar-refractivity contribution < 1.29 is 33.7 Å². The van der Waals surface area contributed by atoms with Crippen LogP contribution in [0.25, 0.3) is 0 Å². The SMILES string of the molecule is COc1ccc(CCNC(=O)C(=O)C2C(=O)N(c3ccc([N+](=O)[O-])cc3[N+](=O)[O-])N=C2c2ccccc2)cc1OC. The number of ketones is 1. The van der Waals surface area contributed by atoms with Crippen LogP contribution in [0.3, 0.4) is 0 Å². The molecule has 0 aromatic heterocycles. The first-order valence-electron chi connectivity index (χ1n) is 12.1. The number of nitro groups is 2. The number of carbonyl (C=O) groups is 3. The highest BCUT2D eigenvalue weighted by atomic mass is 16.6. The van der Waals surface area contributed by atoms with Crippen molar-refractivity contribution in [1.82, 2.24) is 5.32 Å². The lowest BCUT2D eigenvalue weighted by Gasteiger charge is -2.14. The zero-order valence-electron chi connectivity index (χ0n) is 21.8. The second kappa shape index (κ2) is 12.0. The third-order valence-corrected chi connectivity index (χ3v) is 6.23. The van der Waals surface area contributed by atoms with E-state index in [4.69, 9.17) is 9.47 Å². The van der Waals surface area contributed by atoms with Crippen molar-refractivity contribution in [1.29, 1.82) is 0 Å². The number of ether oxygens (including phenoxy) is 2. The molecule has 1 aliphatic rings. The van der Waals surface area contributed by atoms with Crippen molar-refractivity contribution in [2.24, 2.45) is 11.0 Å². The van der Waals surface area contributed by atoms with Gasteiger partial charge in [0.2, 0.25) is 5.78 Å². The van der Waals surface area contributed by atoms with Gasteiger partial charge in [-0.25, -0.2) is 0 Å². The number of nitrogens with one attached hydrogen (secondary N) is 1. The van der Waals surface area contributed by atoms with Gasteiger partial charge >= 0.3 is 5.69 Å². The molecule has 1 heterocycles. The van der Waals surface area contributed by atoms with Gasteiger partial charge in [0.1, 0.15) is 5.69 Å². The summed E-state index contributed by atoms with van der Waals surface area (Å²) in [6.45, 7) is 0.0519. The molecule has 1 unspecified atom stereocenters. The molecule has 0 radical (unpaired) electrons. The first-order valence-corrected chi connectivity index (χ1v) is 12.1. The molecule has 0 saturated carbocycles. The topological polar surface area (TPSA) is 184 Å². The predicted octanol–water partition coefficient (Wildman–Crippen LogP) is 2.82. The second-order valence-electron chi connectivity index (χ2n) is 8.68. The molecule has 1 atom stereocenters. The summed E-state index contributed by atoms with van der Waals surface area (Å²) in [7, 11) is 2.99. The zero-order chi connectivity index (χ0) is 29.7. The van der Waals surface area contributed by atoms with Gasteiger partial charge in [-0.05, 0) is 35.7 Å². The summed E-state index contributed by atoms with van der Waals surface area (Å²) in [6, 6.07) is 15.9. The van der Waals surface area contributed by atoms with Crippen LogP contribution in [0.2, 0.25) is 0 Å². The summed E-state index contributed by atoms with van der Waals surface area (Å²) in [4.78, 5) is 60.8. The first-order chi connectivity index (χ1) is 19.7. The molecule has 3 aromatic rings. The van der Waals surface area contributed by atoms with E-state index in [2.05, 4.69) is 10.4 Å². The monoisotopic (exact) mass is 561 g/mol. The summed E-state index contributed by atoms with van der Waals surface area (Å²) in [5, 5.41) is 30.1. The van der Waals surface area contributed by atoms with Crippen LogP contribution in [0.4, 0.5) is 17.1 Å². The number of benzene rings is 3. The number of nitro benzene ring substituents is 2. The summed E-state index contributed by atoms with van der Waals surface area (Å²) < 4.78 is 10.5. The summed E-state index contributed by atoms with van der Waals surface area (Å²) in [6.07, 6.45) is 0.332. The van der Waals surface area contributed by atoms with E-state index in [-0.39, 0.29) is 17.9 Å². The Kier molecular flexibility index (Phi) is 8.32. The van der Waals surface area contributed by atoms with Crippen LogP contribution in [0.1, 0.15) is 11.1 Å². The number of hydrogen-bond donors (Lipinski definition) is 1. The van der Waals surface area contributed by atoms with E-state index < -0.39 is 44.7 Å². The van der Waals surface area contributed by atoms with Crippen molar-refractivity contribution in [3.63, 3.8) is 0 Å². The fraction of sp³-hybridized carbons (Fsp3) is 0.185. The smallest absolute Gasteiger partial charge is 0.301 e. The van der Waals surface area contributed by atoms with Gasteiger partial charge in [0, 0.05) is 12.6 Å². The predicted molar refractivity (Wildman–Crippen MR) is 145 cm³/mol. The second-order valence-corrected chi connectivity index (χ2v) is 8.68. The van der Waals surface area contributed by atoms with E-state index in [0.717, 1.165) is 17.7 Å². The van der Waals surface area contributed by atoms with Crippen LogP contribution in [-0.2, 0) is 20.8 Å². The molecule has 14 heteroatoms. The van der Waals surface area contributed by atoms with Crippen molar-refractivity contribution in [3.05, 3.63) is 98.1 Å². The zero-order valence-corrected chi connectivity index (χ0v) is 21.8. The molecular formula is C27H23N5O9. The maximum Gasteiger partial charge on any atom is 0.301 e. The quantitative estimate of drug-likeness (QED) is 0.159. The highest BCUT2D eigenvalue weighted by Crippen LogP contribution is 2.36. The normalized spacial score (nSPS) is 14.3. The summed E-state index contributed by atoms with van der Waals surface area (Å²) in [5.41, 5.74) is -0.691. The van der Waals surface area contributed by atoms with Crippen molar-refractivity contribution in [3.8, 4) is 11.5 Å². The largest absolute Gasteiger partial charge is 0.493 e. The molecule has 4 rings (SSSR count). The summed E-state index contributed by atoms with van der Waals surface area (Å²) in [5.74, 6) is -3.85. The molecule has 210 valence electrons. The number of carbonyl (C=O) groups excluding carboxylic acids is 3. The van der Waals surface area contributed by atoms with E-state index in [1.54, 1.807) is 48.5 Å². The third-order valence-electron chi connectivity index (χ3n) is 6.23. The number of Topliss-reactive ketones (excluding diaryl/α,β-unsaturated/α-hetero) is 1. The Morgan fingerprint density at radius 1 is 0.951 bits per heavy atom. The fourth-order valence-electron chi connectivity index (χ4n) is 4.22. The van der Waals surface area contributed by atoms with E-state index >= 15 is 0 Å². The lowest BCUT2D eigenvalue weighted by molar-refractivity contribution is -0.393. The van der Waals surface area contributed by atoms with Gasteiger partial charge in [0.05, 0.1) is 35.8 Å². The maximum atomic E-state index is 13.5. The van der Waals surface area contributed by atoms with Gasteiger partial charge in [-0.15, -0.1) is 0 Å². The van der Waals surface area contributed by atoms with E-state index in [9.17, 15) is 34.6 Å². The molecule has 0 bridgehead atoms. The Morgan fingerprint density at radius 2 is 1.66 bits per heavy atom. The average Bonchev–Trinajstić information content (AvgIpc) is 3.33. The van der Waals surface area contributed by atoms with Crippen molar-refractivity contribution >= 4 is 40.4 Å².